The topological polar surface area (TPSA) is 184 Å². The number of aromatic amines is 1. The molecule has 45 heavy (non-hydrogen) atoms. The number of amides is 1. The van der Waals surface area contributed by atoms with Gasteiger partial charge >= 0.3 is 11.9 Å². The van der Waals surface area contributed by atoms with Crippen molar-refractivity contribution < 1.29 is 34.8 Å². The van der Waals surface area contributed by atoms with E-state index in [2.05, 4.69) is 40.1 Å². The number of H-pyrrole nitrogens is 1. The SMILES string of the molecule is C=C[C@]1(O)C(O)N[C@H](CC2N/C(=C\c3[nH]c(/C=C4\NC(=O)[C@H](C)[C@H]4[C@H](C)S)c(C)c3CCC(=O)O)C(CCC(=O)O)=C2C)C1C. The number of aliphatic hydroxyl groups excluding tert-OH is 1. The highest BCUT2D eigenvalue weighted by molar-refractivity contribution is 7.80. The fraction of sp³-hybridized carbons (Fsp3) is 0.545. The zero-order valence-electron chi connectivity index (χ0n) is 26.5. The summed E-state index contributed by atoms with van der Waals surface area (Å²) < 4.78 is 0. The van der Waals surface area contributed by atoms with Crippen LogP contribution in [0.15, 0.2) is 35.2 Å². The van der Waals surface area contributed by atoms with E-state index in [0.717, 1.165) is 39.4 Å². The molecule has 3 aliphatic heterocycles. The van der Waals surface area contributed by atoms with Crippen LogP contribution in [-0.2, 0) is 20.8 Å². The normalized spacial score (nSPS) is 32.3. The summed E-state index contributed by atoms with van der Waals surface area (Å²) in [5.74, 6) is -2.59. The third-order valence-corrected chi connectivity index (χ3v) is 10.3. The maximum absolute atomic E-state index is 12.5. The molecule has 3 unspecified atom stereocenters. The molecule has 2 fully saturated rings. The Labute approximate surface area is 269 Å². The first-order valence-corrected chi connectivity index (χ1v) is 15.9. The number of thiol groups is 1. The first-order chi connectivity index (χ1) is 21.1. The second-order valence-electron chi connectivity index (χ2n) is 12.7. The van der Waals surface area contributed by atoms with Gasteiger partial charge in [-0.15, -0.1) is 6.58 Å². The van der Waals surface area contributed by atoms with Gasteiger partial charge in [-0.25, -0.2) is 0 Å². The van der Waals surface area contributed by atoms with Crippen LogP contribution < -0.4 is 16.0 Å². The lowest BCUT2D eigenvalue weighted by atomic mass is 9.84. The van der Waals surface area contributed by atoms with E-state index in [-0.39, 0.29) is 66.7 Å². The average molecular weight is 643 g/mol. The smallest absolute Gasteiger partial charge is 0.303 e. The van der Waals surface area contributed by atoms with Crippen LogP contribution in [0.4, 0.5) is 0 Å². The molecule has 0 aliphatic carbocycles. The Morgan fingerprint density at radius 3 is 2.31 bits per heavy atom. The van der Waals surface area contributed by atoms with Gasteiger partial charge in [0.2, 0.25) is 5.91 Å². The van der Waals surface area contributed by atoms with E-state index in [4.69, 9.17) is 0 Å². The Balaban J connectivity index is 1.73. The van der Waals surface area contributed by atoms with E-state index in [1.807, 2.05) is 46.8 Å². The number of carbonyl (C=O) groups excluding carboxylic acids is 1. The predicted molar refractivity (Wildman–Crippen MR) is 175 cm³/mol. The summed E-state index contributed by atoms with van der Waals surface area (Å²) in [4.78, 5) is 39.1. The third kappa shape index (κ3) is 6.94. The number of rotatable bonds is 12. The predicted octanol–water partition coefficient (Wildman–Crippen LogP) is 3.11. The summed E-state index contributed by atoms with van der Waals surface area (Å²) in [5, 5.41) is 49.9. The van der Waals surface area contributed by atoms with E-state index in [0.29, 0.717) is 12.1 Å². The molecule has 0 spiro atoms. The van der Waals surface area contributed by atoms with Crippen molar-refractivity contribution in [2.75, 3.05) is 0 Å². The standard InChI is InChI=1S/C33H46N4O7S/c1-7-33(44)18(5)24(37-32(33)43)12-22-15(2)20(8-10-28(38)39)25(34-22)14-26-21(9-11-29(40)41)16(3)23(35-26)13-27-30(19(6)45)17(4)31(42)36-27/h7,13-14,17-19,22,24,30,32,34-35,37,43-45H,1,8-12H2,2-6H3,(H,36,42)(H,38,39)(H,40,41)/b25-14-,27-13-/t17-,18?,19+,22?,24-,30+,32?,33-/m1/s1. The quantitative estimate of drug-likeness (QED) is 0.122. The van der Waals surface area contributed by atoms with Gasteiger partial charge in [0.05, 0.1) is 0 Å². The highest BCUT2D eigenvalue weighted by Crippen LogP contribution is 2.38. The fourth-order valence-electron chi connectivity index (χ4n) is 6.99. The van der Waals surface area contributed by atoms with Gasteiger partial charge < -0.3 is 36.0 Å². The van der Waals surface area contributed by atoms with Crippen molar-refractivity contribution in [2.24, 2.45) is 17.8 Å². The molecule has 1 aromatic heterocycles. The summed E-state index contributed by atoms with van der Waals surface area (Å²) in [5.41, 5.74) is 4.93. The highest BCUT2D eigenvalue weighted by atomic mass is 32.1. The Morgan fingerprint density at radius 1 is 1.09 bits per heavy atom. The highest BCUT2D eigenvalue weighted by Gasteiger charge is 2.50. The van der Waals surface area contributed by atoms with Crippen molar-refractivity contribution in [1.82, 2.24) is 20.9 Å². The van der Waals surface area contributed by atoms with E-state index in [1.165, 1.54) is 6.08 Å². The molecule has 8 atom stereocenters. The van der Waals surface area contributed by atoms with E-state index in [1.54, 1.807) is 0 Å². The second kappa shape index (κ2) is 13.6. The van der Waals surface area contributed by atoms with Gasteiger partial charge in [-0.1, -0.05) is 26.8 Å². The van der Waals surface area contributed by atoms with Gasteiger partial charge in [0.25, 0.3) is 0 Å². The van der Waals surface area contributed by atoms with E-state index >= 15 is 0 Å². The Hall–Kier alpha value is -3.32. The summed E-state index contributed by atoms with van der Waals surface area (Å²) >= 11 is 4.62. The molecule has 1 amide bonds. The molecule has 8 N–H and O–H groups in total. The lowest BCUT2D eigenvalue weighted by Gasteiger charge is -2.28. The molecule has 246 valence electrons. The minimum atomic E-state index is -1.47. The van der Waals surface area contributed by atoms with Gasteiger partial charge in [-0.05, 0) is 67.5 Å². The Bertz CT molecular complexity index is 1460. The molecule has 0 radical (unpaired) electrons. The number of aromatic nitrogens is 1. The lowest BCUT2D eigenvalue weighted by molar-refractivity contribution is -0.138. The van der Waals surface area contributed by atoms with Gasteiger partial charge in [0.15, 0.2) is 0 Å². The number of carbonyl (C=O) groups is 3. The van der Waals surface area contributed by atoms with Crippen LogP contribution in [0.2, 0.25) is 0 Å². The Morgan fingerprint density at radius 2 is 1.73 bits per heavy atom. The second-order valence-corrected chi connectivity index (χ2v) is 13.5. The average Bonchev–Trinajstić information content (AvgIpc) is 3.59. The summed E-state index contributed by atoms with van der Waals surface area (Å²) in [7, 11) is 0. The number of aliphatic hydroxyl groups is 2. The number of carboxylic acid groups (broad SMARTS) is 2. The van der Waals surface area contributed by atoms with Crippen LogP contribution in [0.1, 0.15) is 75.9 Å². The Kier molecular flexibility index (Phi) is 10.4. The maximum atomic E-state index is 12.5. The zero-order chi connectivity index (χ0) is 33.4. The van der Waals surface area contributed by atoms with Crippen LogP contribution in [0.25, 0.3) is 12.2 Å². The molecule has 0 aromatic carbocycles. The van der Waals surface area contributed by atoms with Crippen LogP contribution in [0.3, 0.4) is 0 Å². The summed E-state index contributed by atoms with van der Waals surface area (Å²) in [6.45, 7) is 13.2. The molecule has 4 rings (SSSR count). The van der Waals surface area contributed by atoms with Gasteiger partial charge in [-0.3, -0.25) is 19.7 Å². The molecule has 3 aliphatic rings. The van der Waals surface area contributed by atoms with Crippen molar-refractivity contribution in [3.05, 3.63) is 57.7 Å². The number of carboxylic acids is 2. The van der Waals surface area contributed by atoms with Crippen LogP contribution in [0.5, 0.6) is 0 Å². The number of nitrogens with one attached hydrogen (secondary N) is 4. The van der Waals surface area contributed by atoms with Gasteiger partial charge in [0.1, 0.15) is 11.8 Å². The summed E-state index contributed by atoms with van der Waals surface area (Å²) in [6, 6.07) is -0.453. The van der Waals surface area contributed by atoms with Crippen molar-refractivity contribution in [3.63, 3.8) is 0 Å². The van der Waals surface area contributed by atoms with Crippen molar-refractivity contribution in [1.29, 1.82) is 0 Å². The van der Waals surface area contributed by atoms with Crippen LogP contribution >= 0.6 is 12.6 Å². The third-order valence-electron chi connectivity index (χ3n) is 9.93. The molecule has 0 bridgehead atoms. The van der Waals surface area contributed by atoms with Gasteiger partial charge in [-0.2, -0.15) is 12.6 Å². The number of allylic oxidation sites excluding steroid dienone is 2. The monoisotopic (exact) mass is 642 g/mol. The van der Waals surface area contributed by atoms with Gasteiger partial charge in [0, 0.05) is 70.7 Å². The summed E-state index contributed by atoms with van der Waals surface area (Å²) in [6.07, 6.45) is 4.93. The molecular formula is C33H46N4O7S. The molecule has 1 aromatic rings. The minimum Gasteiger partial charge on any atom is -0.481 e. The zero-order valence-corrected chi connectivity index (χ0v) is 27.4. The van der Waals surface area contributed by atoms with Crippen molar-refractivity contribution >= 4 is 42.6 Å². The van der Waals surface area contributed by atoms with Crippen LogP contribution in [0, 0.1) is 24.7 Å². The van der Waals surface area contributed by atoms with E-state index < -0.39 is 23.8 Å². The maximum Gasteiger partial charge on any atom is 0.303 e. The fourth-order valence-corrected chi connectivity index (χ4v) is 7.41. The molecule has 4 heterocycles. The molecule has 11 nitrogen and oxygen atoms in total. The van der Waals surface area contributed by atoms with Crippen molar-refractivity contribution in [2.45, 2.75) is 95.9 Å². The largest absolute Gasteiger partial charge is 0.481 e. The molecule has 12 heteroatoms. The number of hydrogen-bond acceptors (Lipinski definition) is 8. The minimum absolute atomic E-state index is 0.0696. The first kappa shape index (κ1) is 34.6. The number of aliphatic carboxylic acids is 2. The lowest BCUT2D eigenvalue weighted by Crippen LogP contribution is -2.43. The molecule has 2 saturated heterocycles. The molecule has 0 saturated carbocycles. The van der Waals surface area contributed by atoms with E-state index in [9.17, 15) is 34.8 Å². The first-order valence-electron chi connectivity index (χ1n) is 15.4. The number of hydrogen-bond donors (Lipinski definition) is 9. The van der Waals surface area contributed by atoms with Crippen LogP contribution in [-0.4, -0.2) is 72.4 Å². The van der Waals surface area contributed by atoms with Crippen molar-refractivity contribution in [3.8, 4) is 0 Å². The molecular weight excluding hydrogens is 596 g/mol.